The maximum atomic E-state index is 12.1. The van der Waals surface area contributed by atoms with Gasteiger partial charge in [0.15, 0.2) is 0 Å². The minimum absolute atomic E-state index is 0.131. The van der Waals surface area contributed by atoms with Crippen LogP contribution in [0.3, 0.4) is 0 Å². The standard InChI is InChI=1S/C14H17Cl2N3O3/c15-9-1-2-11(10(16)7-9)18-13(20)8-12(14(21)22)19-5-3-17-4-6-19/h1-2,7,12,17H,3-6,8H2,(H,18,20)(H,21,22)/t12-/m0/s1. The van der Waals surface area contributed by atoms with Gasteiger partial charge in [0, 0.05) is 31.2 Å². The fraction of sp³-hybridized carbons (Fsp3) is 0.429. The first-order valence-corrected chi connectivity index (χ1v) is 7.65. The molecule has 2 rings (SSSR count). The molecule has 0 spiro atoms. The van der Waals surface area contributed by atoms with Crippen molar-refractivity contribution in [3.05, 3.63) is 28.2 Å². The van der Waals surface area contributed by atoms with Crippen molar-refractivity contribution in [2.24, 2.45) is 0 Å². The zero-order chi connectivity index (χ0) is 16.1. The van der Waals surface area contributed by atoms with Crippen LogP contribution in [0.2, 0.25) is 10.0 Å². The van der Waals surface area contributed by atoms with E-state index in [1.54, 1.807) is 17.0 Å². The Morgan fingerprint density at radius 1 is 1.32 bits per heavy atom. The van der Waals surface area contributed by atoms with Crippen molar-refractivity contribution in [1.29, 1.82) is 0 Å². The van der Waals surface area contributed by atoms with E-state index in [0.29, 0.717) is 41.9 Å². The molecule has 1 heterocycles. The van der Waals surface area contributed by atoms with Crippen molar-refractivity contribution < 1.29 is 14.7 Å². The molecule has 1 saturated heterocycles. The number of carbonyl (C=O) groups is 2. The molecule has 1 aromatic carbocycles. The highest BCUT2D eigenvalue weighted by Crippen LogP contribution is 2.25. The molecule has 1 fully saturated rings. The molecule has 0 aliphatic carbocycles. The smallest absolute Gasteiger partial charge is 0.321 e. The molecule has 1 atom stereocenters. The molecule has 0 bridgehead atoms. The Balaban J connectivity index is 2.00. The Bertz CT molecular complexity index is 562. The lowest BCUT2D eigenvalue weighted by molar-refractivity contribution is -0.145. The second-order valence-corrected chi connectivity index (χ2v) is 5.86. The van der Waals surface area contributed by atoms with Crippen LogP contribution >= 0.6 is 23.2 Å². The van der Waals surface area contributed by atoms with Gasteiger partial charge in [-0.3, -0.25) is 14.5 Å². The van der Waals surface area contributed by atoms with Crippen LogP contribution < -0.4 is 10.6 Å². The van der Waals surface area contributed by atoms with E-state index in [1.807, 2.05) is 0 Å². The summed E-state index contributed by atoms with van der Waals surface area (Å²) in [4.78, 5) is 25.3. The van der Waals surface area contributed by atoms with Gasteiger partial charge in [-0.15, -0.1) is 0 Å². The fourth-order valence-corrected chi connectivity index (χ4v) is 2.79. The van der Waals surface area contributed by atoms with Crippen molar-refractivity contribution >= 4 is 40.8 Å². The first kappa shape index (κ1) is 17.0. The van der Waals surface area contributed by atoms with E-state index in [4.69, 9.17) is 23.2 Å². The van der Waals surface area contributed by atoms with Gasteiger partial charge in [-0.2, -0.15) is 0 Å². The Hall–Kier alpha value is -1.34. The van der Waals surface area contributed by atoms with Crippen molar-refractivity contribution in [3.63, 3.8) is 0 Å². The van der Waals surface area contributed by atoms with Gasteiger partial charge in [0.1, 0.15) is 6.04 Å². The number of aliphatic carboxylic acids is 1. The minimum Gasteiger partial charge on any atom is -0.480 e. The molecule has 1 aromatic rings. The number of nitrogens with one attached hydrogen (secondary N) is 2. The molecule has 22 heavy (non-hydrogen) atoms. The largest absolute Gasteiger partial charge is 0.480 e. The summed E-state index contributed by atoms with van der Waals surface area (Å²) in [5.74, 6) is -1.39. The predicted molar refractivity (Wildman–Crippen MR) is 85.6 cm³/mol. The van der Waals surface area contributed by atoms with Crippen LogP contribution in [0.4, 0.5) is 5.69 Å². The summed E-state index contributed by atoms with van der Waals surface area (Å²) in [5.41, 5.74) is 0.417. The highest BCUT2D eigenvalue weighted by Gasteiger charge is 2.29. The molecule has 1 aliphatic heterocycles. The normalized spacial score (nSPS) is 17.0. The third-order valence-corrected chi connectivity index (χ3v) is 4.01. The third-order valence-electron chi connectivity index (χ3n) is 3.46. The number of anilines is 1. The van der Waals surface area contributed by atoms with Crippen LogP contribution in [-0.4, -0.2) is 54.1 Å². The van der Waals surface area contributed by atoms with Gasteiger partial charge >= 0.3 is 5.97 Å². The van der Waals surface area contributed by atoms with Gasteiger partial charge in [0.05, 0.1) is 17.1 Å². The Morgan fingerprint density at radius 3 is 2.59 bits per heavy atom. The molecule has 120 valence electrons. The Kier molecular flexibility index (Phi) is 6.02. The molecular weight excluding hydrogens is 329 g/mol. The molecular formula is C14H17Cl2N3O3. The van der Waals surface area contributed by atoms with E-state index in [1.165, 1.54) is 6.07 Å². The number of carboxylic acids is 1. The van der Waals surface area contributed by atoms with Crippen molar-refractivity contribution in [3.8, 4) is 0 Å². The number of halogens is 2. The average Bonchev–Trinajstić information content (AvgIpc) is 2.48. The molecule has 0 unspecified atom stereocenters. The quantitative estimate of drug-likeness (QED) is 0.756. The topological polar surface area (TPSA) is 81.7 Å². The number of amides is 1. The molecule has 1 aliphatic rings. The van der Waals surface area contributed by atoms with E-state index >= 15 is 0 Å². The third kappa shape index (κ3) is 4.58. The van der Waals surface area contributed by atoms with E-state index in [0.717, 1.165) is 0 Å². The zero-order valence-corrected chi connectivity index (χ0v) is 13.3. The zero-order valence-electron chi connectivity index (χ0n) is 11.8. The highest BCUT2D eigenvalue weighted by molar-refractivity contribution is 6.36. The first-order valence-electron chi connectivity index (χ1n) is 6.90. The molecule has 3 N–H and O–H groups in total. The van der Waals surface area contributed by atoms with Crippen molar-refractivity contribution in [1.82, 2.24) is 10.2 Å². The number of hydrogen-bond acceptors (Lipinski definition) is 4. The van der Waals surface area contributed by atoms with Crippen LogP contribution in [0.15, 0.2) is 18.2 Å². The number of piperazine rings is 1. The van der Waals surface area contributed by atoms with Gasteiger partial charge in [-0.1, -0.05) is 23.2 Å². The molecule has 0 saturated carbocycles. The monoisotopic (exact) mass is 345 g/mol. The minimum atomic E-state index is -1.00. The Labute approximate surface area is 138 Å². The number of nitrogens with zero attached hydrogens (tertiary/aromatic N) is 1. The van der Waals surface area contributed by atoms with E-state index < -0.39 is 17.9 Å². The van der Waals surface area contributed by atoms with Crippen molar-refractivity contribution in [2.45, 2.75) is 12.5 Å². The van der Waals surface area contributed by atoms with Crippen LogP contribution in [-0.2, 0) is 9.59 Å². The lowest BCUT2D eigenvalue weighted by Gasteiger charge is -2.32. The van der Waals surface area contributed by atoms with E-state index in [-0.39, 0.29) is 6.42 Å². The first-order chi connectivity index (χ1) is 10.5. The lowest BCUT2D eigenvalue weighted by Crippen LogP contribution is -2.52. The number of carboxylic acid groups (broad SMARTS) is 1. The maximum Gasteiger partial charge on any atom is 0.321 e. The maximum absolute atomic E-state index is 12.1. The highest BCUT2D eigenvalue weighted by atomic mass is 35.5. The molecule has 8 heteroatoms. The number of benzene rings is 1. The summed E-state index contributed by atoms with van der Waals surface area (Å²) >= 11 is 11.8. The van der Waals surface area contributed by atoms with Crippen LogP contribution in [0.25, 0.3) is 0 Å². The fourth-order valence-electron chi connectivity index (χ4n) is 2.33. The van der Waals surface area contributed by atoms with Crippen LogP contribution in [0.5, 0.6) is 0 Å². The second-order valence-electron chi connectivity index (χ2n) is 5.02. The lowest BCUT2D eigenvalue weighted by atomic mass is 10.1. The van der Waals surface area contributed by atoms with Crippen LogP contribution in [0, 0.1) is 0 Å². The van der Waals surface area contributed by atoms with E-state index in [2.05, 4.69) is 10.6 Å². The summed E-state index contributed by atoms with van der Waals surface area (Å²) in [6.45, 7) is 2.64. The predicted octanol–water partition coefficient (Wildman–Crippen LogP) is 1.68. The molecule has 0 aromatic heterocycles. The summed E-state index contributed by atoms with van der Waals surface area (Å²) < 4.78 is 0. The van der Waals surface area contributed by atoms with Gasteiger partial charge in [0.2, 0.25) is 5.91 Å². The van der Waals surface area contributed by atoms with Crippen LogP contribution in [0.1, 0.15) is 6.42 Å². The SMILES string of the molecule is O=C(C[C@@H](C(=O)O)N1CCNCC1)Nc1ccc(Cl)cc1Cl. The summed E-state index contributed by atoms with van der Waals surface area (Å²) in [6, 6.07) is 3.87. The van der Waals surface area contributed by atoms with Gasteiger partial charge in [-0.05, 0) is 18.2 Å². The van der Waals surface area contributed by atoms with E-state index in [9.17, 15) is 14.7 Å². The summed E-state index contributed by atoms with van der Waals surface area (Å²) in [5, 5.41) is 15.9. The van der Waals surface area contributed by atoms with Gasteiger partial charge < -0.3 is 15.7 Å². The molecule has 0 radical (unpaired) electrons. The number of carbonyl (C=O) groups excluding carboxylic acids is 1. The number of rotatable bonds is 5. The van der Waals surface area contributed by atoms with Gasteiger partial charge in [0.25, 0.3) is 0 Å². The summed E-state index contributed by atoms with van der Waals surface area (Å²) in [6.07, 6.45) is -0.131. The number of hydrogen-bond donors (Lipinski definition) is 3. The summed E-state index contributed by atoms with van der Waals surface area (Å²) in [7, 11) is 0. The van der Waals surface area contributed by atoms with Crippen molar-refractivity contribution in [2.75, 3.05) is 31.5 Å². The molecule has 6 nitrogen and oxygen atoms in total. The molecule has 1 amide bonds. The second kappa shape index (κ2) is 7.78. The average molecular weight is 346 g/mol. The van der Waals surface area contributed by atoms with Gasteiger partial charge in [-0.25, -0.2) is 0 Å². The Morgan fingerprint density at radius 2 is 2.00 bits per heavy atom.